The van der Waals surface area contributed by atoms with E-state index in [1.807, 2.05) is 24.3 Å². The van der Waals surface area contributed by atoms with Crippen LogP contribution in [0.1, 0.15) is 17.0 Å². The molecule has 5 heteroatoms. The van der Waals surface area contributed by atoms with Crippen LogP contribution in [0.3, 0.4) is 0 Å². The monoisotopic (exact) mass is 382 g/mol. The van der Waals surface area contributed by atoms with E-state index in [0.29, 0.717) is 16.6 Å². The smallest absolute Gasteiger partial charge is 0.411 e. The van der Waals surface area contributed by atoms with Crippen molar-refractivity contribution in [2.24, 2.45) is 0 Å². The predicted molar refractivity (Wildman–Crippen MR) is 113 cm³/mol. The molecule has 0 atom stereocenters. The Morgan fingerprint density at radius 1 is 0.931 bits per heavy atom. The maximum absolute atomic E-state index is 12.4. The lowest BCUT2D eigenvalue weighted by molar-refractivity contribution is 0.158. The van der Waals surface area contributed by atoms with Gasteiger partial charge in [-0.2, -0.15) is 0 Å². The Labute approximate surface area is 167 Å². The van der Waals surface area contributed by atoms with Crippen LogP contribution < -0.4 is 10.7 Å². The lowest BCUT2D eigenvalue weighted by Crippen LogP contribution is -2.18. The van der Waals surface area contributed by atoms with Crippen LogP contribution >= 0.6 is 0 Å². The van der Waals surface area contributed by atoms with Crippen LogP contribution in [0, 0.1) is 0 Å². The number of anilines is 1. The number of carbonyl (C=O) groups is 1. The highest BCUT2D eigenvalue weighted by Gasteiger charge is 2.28. The van der Waals surface area contributed by atoms with E-state index in [1.165, 1.54) is 28.3 Å². The zero-order valence-corrected chi connectivity index (χ0v) is 15.5. The molecule has 1 aliphatic carbocycles. The average molecular weight is 382 g/mol. The van der Waals surface area contributed by atoms with Crippen molar-refractivity contribution in [2.75, 3.05) is 11.9 Å². The molecule has 142 valence electrons. The van der Waals surface area contributed by atoms with Crippen molar-refractivity contribution in [3.8, 4) is 11.1 Å². The fourth-order valence-electron chi connectivity index (χ4n) is 4.01. The lowest BCUT2D eigenvalue weighted by atomic mass is 9.98. The second-order valence-corrected chi connectivity index (χ2v) is 7.05. The molecule has 4 aromatic rings. The van der Waals surface area contributed by atoms with E-state index in [1.54, 1.807) is 24.4 Å². The molecule has 0 bridgehead atoms. The number of hydrogen-bond acceptors (Lipinski definition) is 3. The molecule has 1 heterocycles. The number of fused-ring (bicyclic) bond motifs is 4. The van der Waals surface area contributed by atoms with Gasteiger partial charge in [0, 0.05) is 29.3 Å². The molecule has 0 saturated carbocycles. The SMILES string of the molecule is O=C(Nc1ccc2c(=O)cc[nH]c2c1)OCC1c2ccccc2-c2ccccc21. The Hall–Kier alpha value is -3.86. The van der Waals surface area contributed by atoms with Gasteiger partial charge in [0.05, 0.1) is 5.52 Å². The Morgan fingerprint density at radius 3 is 2.34 bits per heavy atom. The van der Waals surface area contributed by atoms with Crippen molar-refractivity contribution in [1.82, 2.24) is 4.98 Å². The maximum atomic E-state index is 12.4. The van der Waals surface area contributed by atoms with Crippen molar-refractivity contribution in [3.63, 3.8) is 0 Å². The molecular weight excluding hydrogens is 364 g/mol. The summed E-state index contributed by atoms with van der Waals surface area (Å²) in [7, 11) is 0. The van der Waals surface area contributed by atoms with Crippen molar-refractivity contribution in [2.45, 2.75) is 5.92 Å². The van der Waals surface area contributed by atoms with Gasteiger partial charge in [-0.3, -0.25) is 10.1 Å². The number of aromatic amines is 1. The molecule has 1 aromatic heterocycles. The summed E-state index contributed by atoms with van der Waals surface area (Å²) in [6.45, 7) is 0.254. The third-order valence-corrected chi connectivity index (χ3v) is 5.35. The van der Waals surface area contributed by atoms with Gasteiger partial charge in [0.1, 0.15) is 6.61 Å². The summed E-state index contributed by atoms with van der Waals surface area (Å²) >= 11 is 0. The molecule has 1 aliphatic rings. The second kappa shape index (κ2) is 6.95. The quantitative estimate of drug-likeness (QED) is 0.530. The van der Waals surface area contributed by atoms with E-state index in [4.69, 9.17) is 4.74 Å². The first-order valence-electron chi connectivity index (χ1n) is 9.44. The molecule has 0 aliphatic heterocycles. The molecule has 0 unspecified atom stereocenters. The van der Waals surface area contributed by atoms with E-state index in [-0.39, 0.29) is 18.0 Å². The standard InChI is InChI=1S/C24H18N2O3/c27-23-11-12-25-22-13-15(9-10-20(22)23)26-24(28)29-14-21-18-7-3-1-5-16(18)17-6-2-4-8-19(17)21/h1-13,21H,14H2,(H,25,27)(H,26,28). The molecule has 0 spiro atoms. The number of H-pyrrole nitrogens is 1. The van der Waals surface area contributed by atoms with Crippen LogP contribution in [0.5, 0.6) is 0 Å². The molecule has 2 N–H and O–H groups in total. The van der Waals surface area contributed by atoms with Gasteiger partial charge in [0.25, 0.3) is 0 Å². The molecule has 0 fully saturated rings. The minimum absolute atomic E-state index is 0.0149. The first kappa shape index (κ1) is 17.3. The van der Waals surface area contributed by atoms with Gasteiger partial charge in [0.15, 0.2) is 5.43 Å². The molecule has 3 aromatic carbocycles. The minimum atomic E-state index is -0.524. The molecule has 0 saturated heterocycles. The zero-order valence-electron chi connectivity index (χ0n) is 15.5. The number of pyridine rings is 1. The summed E-state index contributed by atoms with van der Waals surface area (Å²) in [5.41, 5.74) is 5.89. The number of rotatable bonds is 3. The largest absolute Gasteiger partial charge is 0.448 e. The predicted octanol–water partition coefficient (Wildman–Crippen LogP) is 4.89. The van der Waals surface area contributed by atoms with E-state index in [0.717, 1.165) is 0 Å². The number of amides is 1. The average Bonchev–Trinajstić information content (AvgIpc) is 3.06. The van der Waals surface area contributed by atoms with Gasteiger partial charge >= 0.3 is 6.09 Å². The minimum Gasteiger partial charge on any atom is -0.448 e. The van der Waals surface area contributed by atoms with Gasteiger partial charge in [-0.05, 0) is 40.5 Å². The first-order valence-corrected chi connectivity index (χ1v) is 9.44. The van der Waals surface area contributed by atoms with Gasteiger partial charge in [-0.25, -0.2) is 4.79 Å². The van der Waals surface area contributed by atoms with Crippen molar-refractivity contribution >= 4 is 22.7 Å². The summed E-state index contributed by atoms with van der Waals surface area (Å²) in [5.74, 6) is 0.0149. The summed E-state index contributed by atoms with van der Waals surface area (Å²) in [5, 5.41) is 3.32. The van der Waals surface area contributed by atoms with E-state index >= 15 is 0 Å². The van der Waals surface area contributed by atoms with Crippen LogP contribution in [-0.2, 0) is 4.74 Å². The highest BCUT2D eigenvalue weighted by molar-refractivity contribution is 5.89. The maximum Gasteiger partial charge on any atom is 0.411 e. The van der Waals surface area contributed by atoms with Gasteiger partial charge in [-0.15, -0.1) is 0 Å². The highest BCUT2D eigenvalue weighted by Crippen LogP contribution is 2.44. The van der Waals surface area contributed by atoms with Crippen LogP contribution in [0.15, 0.2) is 83.8 Å². The Morgan fingerprint density at radius 2 is 1.62 bits per heavy atom. The third-order valence-electron chi connectivity index (χ3n) is 5.35. The Balaban J connectivity index is 1.33. The normalized spacial score (nSPS) is 12.4. The molecule has 5 nitrogen and oxygen atoms in total. The number of aromatic nitrogens is 1. The van der Waals surface area contributed by atoms with Crippen molar-refractivity contribution < 1.29 is 9.53 Å². The molecule has 1 amide bonds. The fraction of sp³-hybridized carbons (Fsp3) is 0.0833. The van der Waals surface area contributed by atoms with Crippen LogP contribution in [0.25, 0.3) is 22.0 Å². The van der Waals surface area contributed by atoms with Gasteiger partial charge in [-0.1, -0.05) is 48.5 Å². The third kappa shape index (κ3) is 3.06. The van der Waals surface area contributed by atoms with Gasteiger partial charge < -0.3 is 9.72 Å². The number of nitrogens with one attached hydrogen (secondary N) is 2. The van der Waals surface area contributed by atoms with Crippen molar-refractivity contribution in [1.29, 1.82) is 0 Å². The molecule has 5 rings (SSSR count). The first-order chi connectivity index (χ1) is 14.2. The highest BCUT2D eigenvalue weighted by atomic mass is 16.5. The number of benzene rings is 3. The lowest BCUT2D eigenvalue weighted by Gasteiger charge is -2.14. The zero-order chi connectivity index (χ0) is 19.8. The topological polar surface area (TPSA) is 71.2 Å². The van der Waals surface area contributed by atoms with Gasteiger partial charge in [0.2, 0.25) is 0 Å². The van der Waals surface area contributed by atoms with Crippen LogP contribution in [0.4, 0.5) is 10.5 Å². The van der Waals surface area contributed by atoms with Crippen LogP contribution in [-0.4, -0.2) is 17.7 Å². The Kier molecular flexibility index (Phi) is 4.13. The number of carbonyl (C=O) groups excluding carboxylic acids is 1. The van der Waals surface area contributed by atoms with Crippen LogP contribution in [0.2, 0.25) is 0 Å². The number of ether oxygens (including phenoxy) is 1. The second-order valence-electron chi connectivity index (χ2n) is 7.05. The summed E-state index contributed by atoms with van der Waals surface area (Å²) in [4.78, 5) is 27.2. The van der Waals surface area contributed by atoms with E-state index in [9.17, 15) is 9.59 Å². The fourth-order valence-corrected chi connectivity index (χ4v) is 4.01. The molecule has 29 heavy (non-hydrogen) atoms. The number of hydrogen-bond donors (Lipinski definition) is 2. The van der Waals surface area contributed by atoms with Crippen molar-refractivity contribution in [3.05, 3.63) is 100 Å². The summed E-state index contributed by atoms with van der Waals surface area (Å²) in [6, 6.07) is 23.0. The van der Waals surface area contributed by atoms with E-state index in [2.05, 4.69) is 34.6 Å². The summed E-state index contributed by atoms with van der Waals surface area (Å²) < 4.78 is 5.56. The molecular formula is C24H18N2O3. The summed E-state index contributed by atoms with van der Waals surface area (Å²) in [6.07, 6.45) is 1.06. The Bertz CT molecular complexity index is 1250. The molecule has 0 radical (unpaired) electrons. The van der Waals surface area contributed by atoms with E-state index < -0.39 is 6.09 Å².